The monoisotopic (exact) mass is 373 g/mol. The first-order valence-electron chi connectivity index (χ1n) is 8.45. The second kappa shape index (κ2) is 5.89. The molecule has 2 aromatic carbocycles. The van der Waals surface area contributed by atoms with Crippen molar-refractivity contribution in [1.82, 2.24) is 3.97 Å². The van der Waals surface area contributed by atoms with Crippen LogP contribution < -0.4 is 0 Å². The lowest BCUT2D eigenvalue weighted by molar-refractivity contribution is 0.589. The Labute approximate surface area is 153 Å². The van der Waals surface area contributed by atoms with Crippen molar-refractivity contribution in [3.63, 3.8) is 0 Å². The number of nitrogens with zero attached hydrogens (tertiary/aromatic N) is 1. The number of benzene rings is 2. The molecule has 0 radical (unpaired) electrons. The summed E-state index contributed by atoms with van der Waals surface area (Å²) < 4.78 is 27.7. The minimum absolute atomic E-state index is 0.300. The van der Waals surface area contributed by atoms with Crippen molar-refractivity contribution in [3.05, 3.63) is 64.8 Å². The van der Waals surface area contributed by atoms with Gasteiger partial charge in [-0.1, -0.05) is 23.8 Å². The summed E-state index contributed by atoms with van der Waals surface area (Å²) in [5.74, 6) is 0.978. The lowest BCUT2D eigenvalue weighted by Crippen LogP contribution is -2.12. The zero-order chi connectivity index (χ0) is 17.8. The highest BCUT2D eigenvalue weighted by molar-refractivity contribution is 7.90. The molecule has 25 heavy (non-hydrogen) atoms. The number of fused-ring (bicyclic) bond motifs is 1. The molecule has 1 saturated carbocycles. The van der Waals surface area contributed by atoms with Gasteiger partial charge in [0.1, 0.15) is 0 Å². The van der Waals surface area contributed by atoms with Crippen LogP contribution >= 0.6 is 11.6 Å². The van der Waals surface area contributed by atoms with Crippen LogP contribution in [-0.4, -0.2) is 12.4 Å². The molecule has 0 aliphatic heterocycles. The molecule has 1 aliphatic rings. The Morgan fingerprint density at radius 1 is 1.12 bits per heavy atom. The fourth-order valence-electron chi connectivity index (χ4n) is 3.52. The number of hydrogen-bond acceptors (Lipinski definition) is 2. The van der Waals surface area contributed by atoms with Crippen molar-refractivity contribution in [3.8, 4) is 0 Å². The summed E-state index contributed by atoms with van der Waals surface area (Å²) in [7, 11) is -3.63. The van der Waals surface area contributed by atoms with Crippen LogP contribution in [0.2, 0.25) is 0 Å². The van der Waals surface area contributed by atoms with Gasteiger partial charge in [0.2, 0.25) is 0 Å². The Morgan fingerprint density at radius 3 is 2.40 bits per heavy atom. The van der Waals surface area contributed by atoms with Gasteiger partial charge in [0.05, 0.1) is 10.4 Å². The predicted molar refractivity (Wildman–Crippen MR) is 102 cm³/mol. The maximum Gasteiger partial charge on any atom is 0.268 e. The summed E-state index contributed by atoms with van der Waals surface area (Å²) in [5.41, 5.74) is 5.10. The Kier molecular flexibility index (Phi) is 3.93. The van der Waals surface area contributed by atoms with E-state index >= 15 is 0 Å². The molecule has 0 saturated heterocycles. The molecule has 130 valence electrons. The second-order valence-corrected chi connectivity index (χ2v) is 8.94. The van der Waals surface area contributed by atoms with E-state index in [9.17, 15) is 8.42 Å². The highest BCUT2D eigenvalue weighted by atomic mass is 35.5. The maximum absolute atomic E-state index is 13.1. The van der Waals surface area contributed by atoms with Gasteiger partial charge in [-0.3, -0.25) is 0 Å². The summed E-state index contributed by atoms with van der Waals surface area (Å²) in [6.07, 6.45) is 4.04. The molecule has 0 amide bonds. The van der Waals surface area contributed by atoms with E-state index in [1.54, 1.807) is 18.3 Å². The Morgan fingerprint density at radius 2 is 1.80 bits per heavy atom. The van der Waals surface area contributed by atoms with Crippen LogP contribution in [0.4, 0.5) is 0 Å². The SMILES string of the molecule is Cc1ccc(S(=O)(=O)n2ccc3c(CCl)c(C4CC4)cc(C)c32)cc1. The summed E-state index contributed by atoms with van der Waals surface area (Å²) in [4.78, 5) is 0.300. The fraction of sp³-hybridized carbons (Fsp3) is 0.300. The van der Waals surface area contributed by atoms with Crippen molar-refractivity contribution < 1.29 is 8.42 Å². The molecule has 5 heteroatoms. The van der Waals surface area contributed by atoms with E-state index in [1.165, 1.54) is 22.4 Å². The largest absolute Gasteiger partial charge is 0.268 e. The number of halogens is 1. The lowest BCUT2D eigenvalue weighted by Gasteiger charge is -2.14. The molecule has 1 heterocycles. The molecule has 3 nitrogen and oxygen atoms in total. The lowest BCUT2D eigenvalue weighted by atomic mass is 9.97. The van der Waals surface area contributed by atoms with E-state index < -0.39 is 10.0 Å². The fourth-order valence-corrected chi connectivity index (χ4v) is 5.23. The van der Waals surface area contributed by atoms with Crippen molar-refractivity contribution in [2.45, 2.75) is 43.4 Å². The van der Waals surface area contributed by atoms with E-state index in [-0.39, 0.29) is 0 Å². The minimum atomic E-state index is -3.63. The second-order valence-electron chi connectivity index (χ2n) is 6.86. The third-order valence-corrected chi connectivity index (χ3v) is 6.96. The topological polar surface area (TPSA) is 39.1 Å². The molecule has 0 unspecified atom stereocenters. The molecule has 4 rings (SSSR count). The molecular formula is C20H20ClNO2S. The zero-order valence-electron chi connectivity index (χ0n) is 14.3. The zero-order valence-corrected chi connectivity index (χ0v) is 15.9. The normalized spacial score (nSPS) is 15.0. The molecule has 1 aromatic heterocycles. The van der Waals surface area contributed by atoms with Crippen molar-refractivity contribution >= 4 is 32.5 Å². The summed E-state index contributed by atoms with van der Waals surface area (Å²) in [6.45, 7) is 3.92. The quantitative estimate of drug-likeness (QED) is 0.596. The van der Waals surface area contributed by atoms with Crippen LogP contribution in [0.1, 0.15) is 41.0 Å². The minimum Gasteiger partial charge on any atom is -0.241 e. The molecule has 0 spiro atoms. The van der Waals surface area contributed by atoms with Crippen LogP contribution in [-0.2, 0) is 15.9 Å². The predicted octanol–water partition coefficient (Wildman–Crippen LogP) is 5.11. The van der Waals surface area contributed by atoms with Gasteiger partial charge in [-0.15, -0.1) is 11.6 Å². The van der Waals surface area contributed by atoms with Crippen LogP contribution in [0.5, 0.6) is 0 Å². The standard InChI is InChI=1S/C20H20ClNO2S/c1-13-3-7-16(8-4-13)25(23,24)22-10-9-17-19(12-21)18(15-5-6-15)11-14(2)20(17)22/h3-4,7-11,15H,5-6,12H2,1-2H3. The highest BCUT2D eigenvalue weighted by Gasteiger charge is 2.29. The number of rotatable bonds is 4. The van der Waals surface area contributed by atoms with Crippen LogP contribution in [0.3, 0.4) is 0 Å². The summed E-state index contributed by atoms with van der Waals surface area (Å²) in [5, 5.41) is 0.951. The van der Waals surface area contributed by atoms with Crippen LogP contribution in [0.25, 0.3) is 10.9 Å². The van der Waals surface area contributed by atoms with Crippen LogP contribution in [0.15, 0.2) is 47.5 Å². The maximum atomic E-state index is 13.1. The first-order chi connectivity index (χ1) is 11.9. The van der Waals surface area contributed by atoms with Crippen molar-refractivity contribution in [2.75, 3.05) is 0 Å². The first kappa shape index (κ1) is 16.7. The number of aryl methyl sites for hydroxylation is 2. The summed E-state index contributed by atoms with van der Waals surface area (Å²) >= 11 is 6.23. The van der Waals surface area contributed by atoms with Gasteiger partial charge in [0, 0.05) is 17.5 Å². The van der Waals surface area contributed by atoms with Gasteiger partial charge in [-0.05, 0) is 67.5 Å². The van der Waals surface area contributed by atoms with E-state index in [1.807, 2.05) is 32.0 Å². The number of alkyl halides is 1. The van der Waals surface area contributed by atoms with E-state index in [0.717, 1.165) is 27.6 Å². The van der Waals surface area contributed by atoms with Gasteiger partial charge in [-0.2, -0.15) is 0 Å². The van der Waals surface area contributed by atoms with Crippen molar-refractivity contribution in [2.24, 2.45) is 0 Å². The molecule has 3 aromatic rings. The van der Waals surface area contributed by atoms with Gasteiger partial charge >= 0.3 is 0 Å². The van der Waals surface area contributed by atoms with Crippen LogP contribution in [0, 0.1) is 13.8 Å². The number of hydrogen-bond donors (Lipinski definition) is 0. The summed E-state index contributed by atoms with van der Waals surface area (Å²) in [6, 6.07) is 11.0. The van der Waals surface area contributed by atoms with Gasteiger partial charge < -0.3 is 0 Å². The highest BCUT2D eigenvalue weighted by Crippen LogP contribution is 2.45. The number of aromatic nitrogens is 1. The van der Waals surface area contributed by atoms with Gasteiger partial charge in [0.15, 0.2) is 0 Å². The molecule has 0 atom stereocenters. The Bertz CT molecular complexity index is 1060. The molecule has 1 fully saturated rings. The average Bonchev–Trinajstić information content (AvgIpc) is 3.33. The van der Waals surface area contributed by atoms with Gasteiger partial charge in [0.25, 0.3) is 10.0 Å². The molecular weight excluding hydrogens is 354 g/mol. The Balaban J connectivity index is 1.96. The van der Waals surface area contributed by atoms with Crippen molar-refractivity contribution in [1.29, 1.82) is 0 Å². The van der Waals surface area contributed by atoms with E-state index in [4.69, 9.17) is 11.6 Å². The third kappa shape index (κ3) is 2.68. The smallest absolute Gasteiger partial charge is 0.241 e. The first-order valence-corrected chi connectivity index (χ1v) is 10.4. The third-order valence-electron chi connectivity index (χ3n) is 5.00. The van der Waals surface area contributed by atoms with E-state index in [0.29, 0.717) is 16.7 Å². The molecule has 0 N–H and O–H groups in total. The average molecular weight is 374 g/mol. The Hall–Kier alpha value is -1.78. The molecule has 0 bridgehead atoms. The van der Waals surface area contributed by atoms with E-state index in [2.05, 4.69) is 6.07 Å². The van der Waals surface area contributed by atoms with Gasteiger partial charge in [-0.25, -0.2) is 12.4 Å². The molecule has 1 aliphatic carbocycles.